The van der Waals surface area contributed by atoms with Crippen molar-refractivity contribution in [3.63, 3.8) is 0 Å². The highest BCUT2D eigenvalue weighted by atomic mass is 16.2. The molecule has 104 valence electrons. The smallest absolute Gasteiger partial charge is 0.270 e. The van der Waals surface area contributed by atoms with E-state index < -0.39 is 0 Å². The third kappa shape index (κ3) is 3.15. The van der Waals surface area contributed by atoms with Gasteiger partial charge >= 0.3 is 0 Å². The van der Waals surface area contributed by atoms with Crippen molar-refractivity contribution in [1.29, 1.82) is 0 Å². The summed E-state index contributed by atoms with van der Waals surface area (Å²) in [7, 11) is 0. The molecule has 0 saturated heterocycles. The van der Waals surface area contributed by atoms with E-state index in [4.69, 9.17) is 0 Å². The molecule has 4 heteroatoms. The molecular weight excluding hydrogens is 252 g/mol. The first-order chi connectivity index (χ1) is 9.61. The van der Waals surface area contributed by atoms with E-state index in [1.165, 1.54) is 6.92 Å². The molecule has 0 spiro atoms. The van der Waals surface area contributed by atoms with E-state index in [1.54, 1.807) is 17.2 Å². The number of Topliss-reactive ketones (excluding diaryl/α,β-unsaturated/α-hetero) is 1. The minimum absolute atomic E-state index is 0.0496. The van der Waals surface area contributed by atoms with E-state index in [0.29, 0.717) is 24.3 Å². The van der Waals surface area contributed by atoms with Gasteiger partial charge in [0.15, 0.2) is 5.78 Å². The number of aromatic amines is 1. The molecule has 0 atom stereocenters. The number of nitrogens with zero attached hydrogens (tertiary/aromatic N) is 1. The normalized spacial score (nSPS) is 10.3. The average molecular weight is 270 g/mol. The van der Waals surface area contributed by atoms with Crippen LogP contribution in [-0.2, 0) is 6.54 Å². The summed E-state index contributed by atoms with van der Waals surface area (Å²) in [6.07, 6.45) is 1.58. The molecule has 0 aliphatic rings. The van der Waals surface area contributed by atoms with Gasteiger partial charge in [0.2, 0.25) is 0 Å². The lowest BCUT2D eigenvalue weighted by atomic mass is 10.2. The number of nitrogens with one attached hydrogen (secondary N) is 1. The van der Waals surface area contributed by atoms with Crippen molar-refractivity contribution in [2.75, 3.05) is 6.54 Å². The molecule has 0 aliphatic heterocycles. The molecule has 0 unspecified atom stereocenters. The third-order valence-corrected chi connectivity index (χ3v) is 3.21. The second-order valence-electron chi connectivity index (χ2n) is 4.66. The van der Waals surface area contributed by atoms with Gasteiger partial charge < -0.3 is 9.88 Å². The van der Waals surface area contributed by atoms with Crippen LogP contribution in [0, 0.1) is 0 Å². The predicted molar refractivity (Wildman–Crippen MR) is 77.7 cm³/mol. The molecule has 20 heavy (non-hydrogen) atoms. The highest BCUT2D eigenvalue weighted by Crippen LogP contribution is 2.11. The minimum atomic E-state index is -0.0937. The summed E-state index contributed by atoms with van der Waals surface area (Å²) in [5.74, 6) is -0.143. The molecule has 4 nitrogen and oxygen atoms in total. The minimum Gasteiger partial charge on any atom is -0.356 e. The van der Waals surface area contributed by atoms with Crippen molar-refractivity contribution in [3.8, 4) is 0 Å². The maximum Gasteiger partial charge on any atom is 0.270 e. The SMILES string of the molecule is CCN(Cc1ccccc1)C(=O)c1cc(C(C)=O)c[nH]1. The fourth-order valence-electron chi connectivity index (χ4n) is 2.02. The second kappa shape index (κ2) is 6.19. The van der Waals surface area contributed by atoms with Crippen LogP contribution in [-0.4, -0.2) is 28.1 Å². The number of benzene rings is 1. The van der Waals surface area contributed by atoms with Gasteiger partial charge in [0.25, 0.3) is 5.91 Å². The van der Waals surface area contributed by atoms with Crippen LogP contribution in [0.15, 0.2) is 42.6 Å². The van der Waals surface area contributed by atoms with Crippen molar-refractivity contribution in [2.24, 2.45) is 0 Å². The van der Waals surface area contributed by atoms with Gasteiger partial charge in [0.1, 0.15) is 5.69 Å². The Bertz CT molecular complexity index is 602. The number of H-pyrrole nitrogens is 1. The standard InChI is InChI=1S/C16H18N2O2/c1-3-18(11-13-7-5-4-6-8-13)16(20)15-9-14(10-17-15)12(2)19/h4-10,17H,3,11H2,1-2H3. The van der Waals surface area contributed by atoms with Crippen LogP contribution in [0.4, 0.5) is 0 Å². The number of hydrogen-bond acceptors (Lipinski definition) is 2. The number of aromatic nitrogens is 1. The van der Waals surface area contributed by atoms with Crippen LogP contribution in [0.5, 0.6) is 0 Å². The quantitative estimate of drug-likeness (QED) is 0.849. The molecule has 0 fully saturated rings. The van der Waals surface area contributed by atoms with Gasteiger partial charge in [-0.1, -0.05) is 30.3 Å². The zero-order valence-electron chi connectivity index (χ0n) is 11.7. The monoisotopic (exact) mass is 270 g/mol. The Morgan fingerprint density at radius 2 is 1.90 bits per heavy atom. The zero-order valence-corrected chi connectivity index (χ0v) is 11.7. The first-order valence-electron chi connectivity index (χ1n) is 6.64. The summed E-state index contributed by atoms with van der Waals surface area (Å²) in [5, 5.41) is 0. The van der Waals surface area contributed by atoms with Crippen LogP contribution in [0.3, 0.4) is 0 Å². The van der Waals surface area contributed by atoms with Crippen molar-refractivity contribution >= 4 is 11.7 Å². The van der Waals surface area contributed by atoms with Crippen LogP contribution in [0.2, 0.25) is 0 Å². The molecular formula is C16H18N2O2. The number of hydrogen-bond donors (Lipinski definition) is 1. The number of carbonyl (C=O) groups is 2. The van der Waals surface area contributed by atoms with Crippen molar-refractivity contribution in [2.45, 2.75) is 20.4 Å². The zero-order chi connectivity index (χ0) is 14.5. The van der Waals surface area contributed by atoms with Crippen LogP contribution in [0.25, 0.3) is 0 Å². The number of amides is 1. The van der Waals surface area contributed by atoms with Gasteiger partial charge in [-0.05, 0) is 25.5 Å². The molecule has 0 bridgehead atoms. The van der Waals surface area contributed by atoms with Gasteiger partial charge in [0, 0.05) is 24.8 Å². The van der Waals surface area contributed by atoms with Crippen LogP contribution < -0.4 is 0 Å². The second-order valence-corrected chi connectivity index (χ2v) is 4.66. The van der Waals surface area contributed by atoms with Crippen molar-refractivity contribution < 1.29 is 9.59 Å². The van der Waals surface area contributed by atoms with E-state index in [2.05, 4.69) is 4.98 Å². The summed E-state index contributed by atoms with van der Waals surface area (Å²) in [4.78, 5) is 28.3. The fourth-order valence-corrected chi connectivity index (χ4v) is 2.02. The molecule has 1 aromatic carbocycles. The number of ketones is 1. The summed E-state index contributed by atoms with van der Waals surface area (Å²) in [5.41, 5.74) is 2.07. The van der Waals surface area contributed by atoms with E-state index >= 15 is 0 Å². The van der Waals surface area contributed by atoms with Crippen LogP contribution in [0.1, 0.15) is 40.3 Å². The first kappa shape index (κ1) is 14.1. The highest BCUT2D eigenvalue weighted by molar-refractivity contribution is 5.99. The Kier molecular flexibility index (Phi) is 4.35. The Morgan fingerprint density at radius 1 is 1.20 bits per heavy atom. The highest BCUT2D eigenvalue weighted by Gasteiger charge is 2.17. The Hall–Kier alpha value is -2.36. The molecule has 1 N–H and O–H groups in total. The van der Waals surface area contributed by atoms with E-state index in [-0.39, 0.29) is 11.7 Å². The lowest BCUT2D eigenvalue weighted by molar-refractivity contribution is 0.0747. The van der Waals surface area contributed by atoms with Crippen LogP contribution >= 0.6 is 0 Å². The topological polar surface area (TPSA) is 53.2 Å². The molecule has 0 aliphatic carbocycles. The van der Waals surface area contributed by atoms with Gasteiger partial charge in [-0.15, -0.1) is 0 Å². The fraction of sp³-hybridized carbons (Fsp3) is 0.250. The molecule has 1 amide bonds. The Labute approximate surface area is 118 Å². The molecule has 2 rings (SSSR count). The molecule has 0 saturated carbocycles. The van der Waals surface area contributed by atoms with Gasteiger partial charge in [-0.3, -0.25) is 9.59 Å². The van der Waals surface area contributed by atoms with Gasteiger partial charge in [-0.2, -0.15) is 0 Å². The molecule has 1 heterocycles. The lowest BCUT2D eigenvalue weighted by Gasteiger charge is -2.20. The van der Waals surface area contributed by atoms with Crippen molar-refractivity contribution in [1.82, 2.24) is 9.88 Å². The van der Waals surface area contributed by atoms with E-state index in [1.807, 2.05) is 37.3 Å². The van der Waals surface area contributed by atoms with Gasteiger partial charge in [0.05, 0.1) is 0 Å². The summed E-state index contributed by atoms with van der Waals surface area (Å²) >= 11 is 0. The third-order valence-electron chi connectivity index (χ3n) is 3.21. The van der Waals surface area contributed by atoms with E-state index in [9.17, 15) is 9.59 Å². The summed E-state index contributed by atoms with van der Waals surface area (Å²) in [6.45, 7) is 4.60. The average Bonchev–Trinajstić information content (AvgIpc) is 2.95. The van der Waals surface area contributed by atoms with Crippen molar-refractivity contribution in [3.05, 3.63) is 59.4 Å². The van der Waals surface area contributed by atoms with E-state index in [0.717, 1.165) is 5.56 Å². The number of rotatable bonds is 5. The van der Waals surface area contributed by atoms with Gasteiger partial charge in [-0.25, -0.2) is 0 Å². The molecule has 1 aromatic heterocycles. The Balaban J connectivity index is 2.14. The largest absolute Gasteiger partial charge is 0.356 e. The summed E-state index contributed by atoms with van der Waals surface area (Å²) in [6, 6.07) is 11.5. The molecule has 2 aromatic rings. The summed E-state index contributed by atoms with van der Waals surface area (Å²) < 4.78 is 0. The first-order valence-corrected chi connectivity index (χ1v) is 6.64. The Morgan fingerprint density at radius 3 is 2.45 bits per heavy atom. The number of carbonyl (C=O) groups excluding carboxylic acids is 2. The maximum absolute atomic E-state index is 12.4. The maximum atomic E-state index is 12.4. The predicted octanol–water partition coefficient (Wildman–Crippen LogP) is 2.88. The lowest BCUT2D eigenvalue weighted by Crippen LogP contribution is -2.30. The molecule has 0 radical (unpaired) electrons.